The van der Waals surface area contributed by atoms with Gasteiger partial charge in [0.25, 0.3) is 0 Å². The third-order valence-corrected chi connectivity index (χ3v) is 3.19. The van der Waals surface area contributed by atoms with E-state index in [4.69, 9.17) is 16.3 Å². The molecule has 0 saturated carbocycles. The van der Waals surface area contributed by atoms with Crippen molar-refractivity contribution in [3.05, 3.63) is 16.9 Å². The highest BCUT2D eigenvalue weighted by atomic mass is 35.5. The first kappa shape index (κ1) is 10.9. The molecule has 3 unspecified atom stereocenters. The van der Waals surface area contributed by atoms with Gasteiger partial charge in [-0.3, -0.25) is 4.68 Å². The standard InChI is InChI=1S/C10H15ClN2O2/c1-6-3-7(5-15-6)10(14)9-8(11)4-12-13(9)2/h4,6-7,10,14H,3,5H2,1-2H3. The predicted octanol–water partition coefficient (Wildman–Crippen LogP) is 1.53. The Morgan fingerprint density at radius 2 is 2.47 bits per heavy atom. The number of hydrogen-bond donors (Lipinski definition) is 1. The Kier molecular flexibility index (Phi) is 3.00. The highest BCUT2D eigenvalue weighted by molar-refractivity contribution is 6.31. The minimum atomic E-state index is -0.588. The third-order valence-electron chi connectivity index (χ3n) is 2.89. The largest absolute Gasteiger partial charge is 0.386 e. The maximum Gasteiger partial charge on any atom is 0.102 e. The second kappa shape index (κ2) is 4.12. The van der Waals surface area contributed by atoms with Crippen molar-refractivity contribution >= 4 is 11.6 Å². The summed E-state index contributed by atoms with van der Waals surface area (Å²) in [7, 11) is 1.78. The topological polar surface area (TPSA) is 47.3 Å². The molecule has 1 fully saturated rings. The Morgan fingerprint density at radius 3 is 2.93 bits per heavy atom. The van der Waals surface area contributed by atoms with Gasteiger partial charge in [0.15, 0.2) is 0 Å². The average molecular weight is 231 g/mol. The van der Waals surface area contributed by atoms with E-state index in [9.17, 15) is 5.11 Å². The summed E-state index contributed by atoms with van der Waals surface area (Å²) in [5.41, 5.74) is 0.680. The van der Waals surface area contributed by atoms with Gasteiger partial charge in [0.05, 0.1) is 29.6 Å². The van der Waals surface area contributed by atoms with Crippen molar-refractivity contribution in [3.63, 3.8) is 0 Å². The van der Waals surface area contributed by atoms with Crippen LogP contribution in [0.1, 0.15) is 25.1 Å². The molecule has 84 valence electrons. The fraction of sp³-hybridized carbons (Fsp3) is 0.700. The third kappa shape index (κ3) is 2.02. The van der Waals surface area contributed by atoms with Crippen LogP contribution in [-0.2, 0) is 11.8 Å². The van der Waals surface area contributed by atoms with Gasteiger partial charge in [0.1, 0.15) is 6.10 Å². The summed E-state index contributed by atoms with van der Waals surface area (Å²) in [5.74, 6) is 0.118. The minimum Gasteiger partial charge on any atom is -0.386 e. The van der Waals surface area contributed by atoms with Crippen LogP contribution >= 0.6 is 11.6 Å². The van der Waals surface area contributed by atoms with Crippen molar-refractivity contribution < 1.29 is 9.84 Å². The van der Waals surface area contributed by atoms with Gasteiger partial charge < -0.3 is 9.84 Å². The fourth-order valence-corrected chi connectivity index (χ4v) is 2.32. The normalized spacial score (nSPS) is 28.3. The minimum absolute atomic E-state index is 0.118. The zero-order valence-corrected chi connectivity index (χ0v) is 9.61. The van der Waals surface area contributed by atoms with Crippen LogP contribution in [0.5, 0.6) is 0 Å². The lowest BCUT2D eigenvalue weighted by Gasteiger charge is -2.17. The molecule has 0 radical (unpaired) electrons. The Morgan fingerprint density at radius 1 is 1.73 bits per heavy atom. The maximum absolute atomic E-state index is 10.2. The van der Waals surface area contributed by atoms with E-state index >= 15 is 0 Å². The summed E-state index contributed by atoms with van der Waals surface area (Å²) in [4.78, 5) is 0. The molecule has 2 rings (SSSR count). The van der Waals surface area contributed by atoms with Crippen molar-refractivity contribution in [1.29, 1.82) is 0 Å². The SMILES string of the molecule is CC1CC(C(O)c2c(Cl)cnn2C)CO1. The second-order valence-corrected chi connectivity index (χ2v) is 4.49. The number of nitrogens with zero attached hydrogens (tertiary/aromatic N) is 2. The van der Waals surface area contributed by atoms with E-state index in [0.717, 1.165) is 6.42 Å². The summed E-state index contributed by atoms with van der Waals surface area (Å²) in [6.45, 7) is 2.60. The number of aryl methyl sites for hydroxylation is 1. The number of aliphatic hydroxyl groups is 1. The first-order chi connectivity index (χ1) is 7.09. The molecule has 15 heavy (non-hydrogen) atoms. The predicted molar refractivity (Wildman–Crippen MR) is 56.7 cm³/mol. The van der Waals surface area contributed by atoms with E-state index in [1.807, 2.05) is 6.92 Å². The highest BCUT2D eigenvalue weighted by Crippen LogP contribution is 2.34. The van der Waals surface area contributed by atoms with Crippen molar-refractivity contribution in [1.82, 2.24) is 9.78 Å². The van der Waals surface area contributed by atoms with E-state index in [1.165, 1.54) is 0 Å². The van der Waals surface area contributed by atoms with E-state index in [0.29, 0.717) is 17.3 Å². The van der Waals surface area contributed by atoms with Gasteiger partial charge in [-0.15, -0.1) is 0 Å². The Labute approximate surface area is 93.8 Å². The smallest absolute Gasteiger partial charge is 0.102 e. The van der Waals surface area contributed by atoms with Gasteiger partial charge in [0.2, 0.25) is 0 Å². The van der Waals surface area contributed by atoms with Crippen LogP contribution < -0.4 is 0 Å². The first-order valence-corrected chi connectivity index (χ1v) is 5.44. The van der Waals surface area contributed by atoms with Crippen LogP contribution in [0.15, 0.2) is 6.20 Å². The van der Waals surface area contributed by atoms with Gasteiger partial charge in [-0.2, -0.15) is 5.10 Å². The fourth-order valence-electron chi connectivity index (χ4n) is 2.05. The molecule has 0 aliphatic carbocycles. The molecular formula is C10H15ClN2O2. The molecule has 1 aromatic heterocycles. The van der Waals surface area contributed by atoms with Crippen LogP contribution in [0.4, 0.5) is 0 Å². The average Bonchev–Trinajstić information content (AvgIpc) is 2.73. The van der Waals surface area contributed by atoms with Crippen LogP contribution in [0.2, 0.25) is 5.02 Å². The quantitative estimate of drug-likeness (QED) is 0.838. The molecule has 1 aliphatic rings. The molecule has 0 bridgehead atoms. The van der Waals surface area contributed by atoms with Crippen LogP contribution in [-0.4, -0.2) is 27.6 Å². The number of hydrogen-bond acceptors (Lipinski definition) is 3. The molecule has 2 heterocycles. The summed E-state index contributed by atoms with van der Waals surface area (Å²) < 4.78 is 7.05. The summed E-state index contributed by atoms with van der Waals surface area (Å²) in [6, 6.07) is 0. The van der Waals surface area contributed by atoms with Crippen LogP contribution in [0.25, 0.3) is 0 Å². The number of ether oxygens (including phenoxy) is 1. The van der Waals surface area contributed by atoms with E-state index in [-0.39, 0.29) is 12.0 Å². The zero-order chi connectivity index (χ0) is 11.0. The molecule has 0 aromatic carbocycles. The van der Waals surface area contributed by atoms with Gasteiger partial charge >= 0.3 is 0 Å². The lowest BCUT2D eigenvalue weighted by Crippen LogP contribution is -2.16. The Hall–Kier alpha value is -0.580. The Balaban J connectivity index is 2.17. The van der Waals surface area contributed by atoms with Crippen molar-refractivity contribution in [3.8, 4) is 0 Å². The molecule has 1 aromatic rings. The molecule has 1 aliphatic heterocycles. The van der Waals surface area contributed by atoms with E-state index < -0.39 is 6.10 Å². The molecule has 0 spiro atoms. The number of aliphatic hydroxyl groups excluding tert-OH is 1. The zero-order valence-electron chi connectivity index (χ0n) is 8.85. The molecule has 4 nitrogen and oxygen atoms in total. The van der Waals surface area contributed by atoms with Gasteiger partial charge in [0, 0.05) is 13.0 Å². The van der Waals surface area contributed by atoms with Gasteiger partial charge in [-0.05, 0) is 13.3 Å². The number of rotatable bonds is 2. The Bertz CT molecular complexity index is 334. The van der Waals surface area contributed by atoms with Crippen LogP contribution in [0.3, 0.4) is 0 Å². The monoisotopic (exact) mass is 230 g/mol. The van der Waals surface area contributed by atoms with E-state index in [2.05, 4.69) is 5.10 Å². The van der Waals surface area contributed by atoms with Crippen molar-refractivity contribution in [2.45, 2.75) is 25.6 Å². The van der Waals surface area contributed by atoms with Crippen molar-refractivity contribution in [2.24, 2.45) is 13.0 Å². The summed E-state index contributed by atoms with van der Waals surface area (Å²) in [5, 5.41) is 14.7. The maximum atomic E-state index is 10.2. The summed E-state index contributed by atoms with van der Waals surface area (Å²) in [6.07, 6.45) is 2.05. The van der Waals surface area contributed by atoms with Crippen molar-refractivity contribution in [2.75, 3.05) is 6.61 Å². The lowest BCUT2D eigenvalue weighted by atomic mass is 9.97. The molecule has 0 amide bonds. The molecule has 3 atom stereocenters. The molecule has 1 saturated heterocycles. The van der Waals surface area contributed by atoms with Gasteiger partial charge in [-0.1, -0.05) is 11.6 Å². The molecule has 5 heteroatoms. The first-order valence-electron chi connectivity index (χ1n) is 5.06. The van der Waals surface area contributed by atoms with E-state index in [1.54, 1.807) is 17.9 Å². The second-order valence-electron chi connectivity index (χ2n) is 4.09. The molecular weight excluding hydrogens is 216 g/mol. The highest BCUT2D eigenvalue weighted by Gasteiger charge is 2.32. The number of aromatic nitrogens is 2. The molecule has 1 N–H and O–H groups in total. The van der Waals surface area contributed by atoms with Crippen LogP contribution in [0, 0.1) is 5.92 Å². The summed E-state index contributed by atoms with van der Waals surface area (Å²) >= 11 is 5.97. The number of halogens is 1. The lowest BCUT2D eigenvalue weighted by molar-refractivity contribution is 0.0759. The van der Waals surface area contributed by atoms with Gasteiger partial charge in [-0.25, -0.2) is 0 Å².